The number of rotatable bonds is 6. The second-order valence-electron chi connectivity index (χ2n) is 5.76. The molecule has 4 rings (SSSR count). The van der Waals surface area contributed by atoms with Crippen LogP contribution in [0.1, 0.15) is 12.5 Å². The maximum atomic E-state index is 14.4. The molecule has 9 heteroatoms. The molecule has 0 unspecified atom stereocenters. The van der Waals surface area contributed by atoms with Crippen LogP contribution in [-0.4, -0.2) is 27.2 Å². The Labute approximate surface area is 158 Å². The number of fused-ring (bicyclic) bond motifs is 1. The summed E-state index contributed by atoms with van der Waals surface area (Å²) in [6.45, 7) is 2.69. The molecule has 0 aliphatic carbocycles. The third-order valence-electron chi connectivity index (χ3n) is 3.97. The van der Waals surface area contributed by atoms with E-state index >= 15 is 0 Å². The minimum Gasteiger partial charge on any atom is -0.492 e. The molecule has 2 aromatic heterocycles. The van der Waals surface area contributed by atoms with Crippen LogP contribution < -0.4 is 10.1 Å². The van der Waals surface area contributed by atoms with E-state index < -0.39 is 0 Å². The first-order valence-electron chi connectivity index (χ1n) is 8.26. The third-order valence-corrected chi connectivity index (χ3v) is 4.26. The first-order valence-corrected chi connectivity index (χ1v) is 8.64. The molecule has 2 heterocycles. The van der Waals surface area contributed by atoms with Crippen molar-refractivity contribution in [3.05, 3.63) is 52.8 Å². The number of ether oxygens (including phenoxy) is 1. The molecule has 0 fully saturated rings. The number of hydrogen-bond acceptors (Lipinski definition) is 6. The van der Waals surface area contributed by atoms with Gasteiger partial charge in [0, 0.05) is 23.2 Å². The topological polar surface area (TPSA) is 88.9 Å². The van der Waals surface area contributed by atoms with Gasteiger partial charge in [-0.15, -0.1) is 10.2 Å². The van der Waals surface area contributed by atoms with Gasteiger partial charge in [-0.25, -0.2) is 4.39 Å². The molecule has 0 radical (unpaired) electrons. The molecule has 2 aromatic carbocycles. The molecular weight excluding hydrogens is 373 g/mol. The summed E-state index contributed by atoms with van der Waals surface area (Å²) in [6, 6.07) is 10.1. The average Bonchev–Trinajstić information content (AvgIpc) is 3.31. The molecule has 0 atom stereocenters. The summed E-state index contributed by atoms with van der Waals surface area (Å²) < 4.78 is 25.6. The quantitative estimate of drug-likeness (QED) is 0.509. The summed E-state index contributed by atoms with van der Waals surface area (Å²) in [6.07, 6.45) is 0. The van der Waals surface area contributed by atoms with Crippen LogP contribution in [0, 0.1) is 5.82 Å². The first-order chi connectivity index (χ1) is 13.1. The smallest absolute Gasteiger partial charge is 0.239 e. The van der Waals surface area contributed by atoms with Crippen LogP contribution in [-0.2, 0) is 6.54 Å². The Morgan fingerprint density at radius 2 is 2.15 bits per heavy atom. The lowest BCUT2D eigenvalue weighted by Gasteiger charge is -2.10. The Bertz CT molecular complexity index is 1080. The highest BCUT2D eigenvalue weighted by Gasteiger charge is 2.13. The van der Waals surface area contributed by atoms with Crippen molar-refractivity contribution >= 4 is 28.3 Å². The summed E-state index contributed by atoms with van der Waals surface area (Å²) in [5.74, 6) is 1.01. The lowest BCUT2D eigenvalue weighted by atomic mass is 10.1. The maximum Gasteiger partial charge on any atom is 0.239 e. The molecule has 0 saturated heterocycles. The van der Waals surface area contributed by atoms with Gasteiger partial charge in [-0.3, -0.25) is 0 Å². The molecule has 2 N–H and O–H groups in total. The highest BCUT2D eigenvalue weighted by atomic mass is 35.5. The number of furan rings is 1. The summed E-state index contributed by atoms with van der Waals surface area (Å²) in [4.78, 5) is 0. The lowest BCUT2D eigenvalue weighted by molar-refractivity contribution is 0.340. The van der Waals surface area contributed by atoms with Gasteiger partial charge in [0.25, 0.3) is 0 Å². The minimum absolute atomic E-state index is 0.268. The molecular formula is C18H15ClFN5O2. The summed E-state index contributed by atoms with van der Waals surface area (Å²) in [5, 5.41) is 17.8. The van der Waals surface area contributed by atoms with E-state index in [1.807, 2.05) is 13.0 Å². The fourth-order valence-corrected chi connectivity index (χ4v) is 2.93. The van der Waals surface area contributed by atoms with Crippen molar-refractivity contribution in [3.63, 3.8) is 0 Å². The van der Waals surface area contributed by atoms with Gasteiger partial charge < -0.3 is 14.5 Å². The van der Waals surface area contributed by atoms with Crippen molar-refractivity contribution in [1.82, 2.24) is 20.6 Å². The standard InChI is InChI=1S/C18H15ClFN5O2/c1-2-26-15-4-3-12(8-13(15)19)21-9-11-7-16-10(5-14(11)20)6-17(27-16)18-22-24-25-23-18/h3-8,21H,2,9H2,1H3,(H,22,23,24,25). The normalized spacial score (nSPS) is 11.1. The van der Waals surface area contributed by atoms with Crippen molar-refractivity contribution in [2.24, 2.45) is 0 Å². The van der Waals surface area contributed by atoms with E-state index in [1.54, 1.807) is 24.3 Å². The molecule has 7 nitrogen and oxygen atoms in total. The van der Waals surface area contributed by atoms with Crippen LogP contribution in [0.4, 0.5) is 10.1 Å². The molecule has 0 aliphatic rings. The Balaban J connectivity index is 1.55. The van der Waals surface area contributed by atoms with Gasteiger partial charge in [0.1, 0.15) is 17.1 Å². The zero-order chi connectivity index (χ0) is 18.8. The molecule has 4 aromatic rings. The molecule has 0 aliphatic heterocycles. The second-order valence-corrected chi connectivity index (χ2v) is 6.17. The monoisotopic (exact) mass is 387 g/mol. The number of aromatic nitrogens is 4. The maximum absolute atomic E-state index is 14.4. The van der Waals surface area contributed by atoms with E-state index in [0.29, 0.717) is 45.5 Å². The lowest BCUT2D eigenvalue weighted by Crippen LogP contribution is -2.02. The van der Waals surface area contributed by atoms with Crippen LogP contribution in [0.3, 0.4) is 0 Å². The number of tetrazole rings is 1. The van der Waals surface area contributed by atoms with Gasteiger partial charge >= 0.3 is 0 Å². The van der Waals surface area contributed by atoms with Crippen LogP contribution in [0.25, 0.3) is 22.6 Å². The summed E-state index contributed by atoms with van der Waals surface area (Å²) in [7, 11) is 0. The highest BCUT2D eigenvalue weighted by Crippen LogP contribution is 2.30. The van der Waals surface area contributed by atoms with Gasteiger partial charge in [-0.2, -0.15) is 5.21 Å². The number of nitrogens with zero attached hydrogens (tertiary/aromatic N) is 3. The fraction of sp³-hybridized carbons (Fsp3) is 0.167. The Morgan fingerprint density at radius 1 is 1.26 bits per heavy atom. The van der Waals surface area contributed by atoms with Crippen LogP contribution in [0.15, 0.2) is 40.8 Å². The van der Waals surface area contributed by atoms with Crippen molar-refractivity contribution in [2.45, 2.75) is 13.5 Å². The Morgan fingerprint density at radius 3 is 2.89 bits per heavy atom. The van der Waals surface area contributed by atoms with Crippen molar-refractivity contribution in [2.75, 3.05) is 11.9 Å². The largest absolute Gasteiger partial charge is 0.492 e. The van der Waals surface area contributed by atoms with Gasteiger partial charge in [0.15, 0.2) is 5.76 Å². The SMILES string of the molecule is CCOc1ccc(NCc2cc3oc(-c4nn[nH]n4)cc3cc2F)cc1Cl. The van der Waals surface area contributed by atoms with E-state index in [2.05, 4.69) is 25.9 Å². The first kappa shape index (κ1) is 17.3. The van der Waals surface area contributed by atoms with Gasteiger partial charge in [-0.05, 0) is 48.5 Å². The zero-order valence-electron chi connectivity index (χ0n) is 14.3. The number of hydrogen-bond donors (Lipinski definition) is 2. The van der Waals surface area contributed by atoms with E-state index in [0.717, 1.165) is 5.69 Å². The van der Waals surface area contributed by atoms with E-state index in [9.17, 15) is 4.39 Å². The second kappa shape index (κ2) is 7.24. The molecule has 0 amide bonds. The number of aromatic amines is 1. The van der Waals surface area contributed by atoms with Crippen molar-refractivity contribution in [1.29, 1.82) is 0 Å². The Kier molecular flexibility index (Phi) is 4.64. The van der Waals surface area contributed by atoms with E-state index in [4.69, 9.17) is 20.8 Å². The number of benzene rings is 2. The molecule has 138 valence electrons. The minimum atomic E-state index is -0.340. The predicted molar refractivity (Wildman–Crippen MR) is 99.3 cm³/mol. The third kappa shape index (κ3) is 3.56. The van der Waals surface area contributed by atoms with E-state index in [-0.39, 0.29) is 12.4 Å². The van der Waals surface area contributed by atoms with Crippen molar-refractivity contribution < 1.29 is 13.5 Å². The number of H-pyrrole nitrogens is 1. The number of halogens is 2. The fourth-order valence-electron chi connectivity index (χ4n) is 2.69. The highest BCUT2D eigenvalue weighted by molar-refractivity contribution is 6.32. The molecule has 0 saturated carbocycles. The van der Waals surface area contributed by atoms with Gasteiger partial charge in [0.05, 0.1) is 11.6 Å². The number of nitrogens with one attached hydrogen (secondary N) is 2. The summed E-state index contributed by atoms with van der Waals surface area (Å²) >= 11 is 6.18. The van der Waals surface area contributed by atoms with Crippen LogP contribution >= 0.6 is 11.6 Å². The zero-order valence-corrected chi connectivity index (χ0v) is 15.0. The molecule has 0 bridgehead atoms. The average molecular weight is 388 g/mol. The van der Waals surface area contributed by atoms with Crippen LogP contribution in [0.5, 0.6) is 5.75 Å². The van der Waals surface area contributed by atoms with E-state index in [1.165, 1.54) is 6.07 Å². The number of anilines is 1. The predicted octanol–water partition coefficient (Wildman–Crippen LogP) is 4.42. The van der Waals surface area contributed by atoms with Crippen molar-refractivity contribution in [3.8, 4) is 17.3 Å². The molecule has 27 heavy (non-hydrogen) atoms. The van der Waals surface area contributed by atoms with Crippen LogP contribution in [0.2, 0.25) is 5.02 Å². The Hall–Kier alpha value is -3.13. The van der Waals surface area contributed by atoms with Gasteiger partial charge in [0.2, 0.25) is 5.82 Å². The van der Waals surface area contributed by atoms with Gasteiger partial charge in [-0.1, -0.05) is 11.6 Å². The molecule has 0 spiro atoms. The summed E-state index contributed by atoms with van der Waals surface area (Å²) in [5.41, 5.74) is 1.76.